The first-order valence-electron chi connectivity index (χ1n) is 13.6. The molecule has 41 heavy (non-hydrogen) atoms. The number of ketones is 2. The predicted molar refractivity (Wildman–Crippen MR) is 163 cm³/mol. The third-order valence-corrected chi connectivity index (χ3v) is 9.00. The van der Waals surface area contributed by atoms with Gasteiger partial charge < -0.3 is 15.0 Å². The molecule has 3 aliphatic rings. The molecule has 0 saturated heterocycles. The van der Waals surface area contributed by atoms with Crippen LogP contribution in [0, 0.1) is 10.8 Å². The third-order valence-electron chi connectivity index (χ3n) is 8.02. The highest BCUT2D eigenvalue weighted by molar-refractivity contribution is 6.42. The molecular weight excluding hydrogens is 583 g/mol. The molecule has 2 aliphatic carbocycles. The molecule has 9 heteroatoms. The van der Waals surface area contributed by atoms with E-state index in [1.165, 1.54) is 0 Å². The van der Waals surface area contributed by atoms with Gasteiger partial charge in [-0.05, 0) is 60.1 Å². The lowest BCUT2D eigenvalue weighted by molar-refractivity contribution is -0.120. The Balaban J connectivity index is 1.55. The summed E-state index contributed by atoms with van der Waals surface area (Å²) in [5.74, 6) is -0.614. The van der Waals surface area contributed by atoms with E-state index >= 15 is 0 Å². The Morgan fingerprint density at radius 1 is 0.878 bits per heavy atom. The first-order chi connectivity index (χ1) is 19.2. The third kappa shape index (κ3) is 5.93. The van der Waals surface area contributed by atoms with Gasteiger partial charge in [0.1, 0.15) is 5.75 Å². The van der Waals surface area contributed by atoms with Gasteiger partial charge in [0.25, 0.3) is 5.91 Å². The SMILES string of the molecule is CN1C2=C(C(=O)CC(C)(C)C2)C(c2cc(Cl)ccc2OCC(=O)Nc2ccc(Cl)c(Cl)c2)C2=C1CC(C)(C)CC2=O. The van der Waals surface area contributed by atoms with Gasteiger partial charge in [0, 0.05) is 64.6 Å². The number of benzene rings is 2. The highest BCUT2D eigenvalue weighted by atomic mass is 35.5. The Hall–Kier alpha value is -2.80. The Morgan fingerprint density at radius 2 is 1.46 bits per heavy atom. The number of nitrogens with zero attached hydrogens (tertiary/aromatic N) is 1. The van der Waals surface area contributed by atoms with Gasteiger partial charge >= 0.3 is 0 Å². The van der Waals surface area contributed by atoms with E-state index in [1.807, 2.05) is 7.05 Å². The maximum Gasteiger partial charge on any atom is 0.262 e. The van der Waals surface area contributed by atoms with E-state index in [1.54, 1.807) is 36.4 Å². The molecule has 2 aromatic carbocycles. The fourth-order valence-corrected chi connectivity index (χ4v) is 6.74. The summed E-state index contributed by atoms with van der Waals surface area (Å²) in [4.78, 5) is 42.5. The van der Waals surface area contributed by atoms with Crippen LogP contribution in [0.4, 0.5) is 5.69 Å². The topological polar surface area (TPSA) is 75.7 Å². The summed E-state index contributed by atoms with van der Waals surface area (Å²) < 4.78 is 6.06. The van der Waals surface area contributed by atoms with E-state index in [0.29, 0.717) is 68.9 Å². The molecule has 0 spiro atoms. The average Bonchev–Trinajstić information content (AvgIpc) is 2.85. The minimum Gasteiger partial charge on any atom is -0.483 e. The summed E-state index contributed by atoms with van der Waals surface area (Å²) in [6.07, 6.45) is 2.16. The second-order valence-electron chi connectivity index (χ2n) is 12.7. The monoisotopic (exact) mass is 614 g/mol. The highest BCUT2D eigenvalue weighted by Crippen LogP contribution is 2.55. The van der Waals surface area contributed by atoms with Gasteiger partial charge in [-0.1, -0.05) is 62.5 Å². The smallest absolute Gasteiger partial charge is 0.262 e. The van der Waals surface area contributed by atoms with Crippen molar-refractivity contribution in [3.8, 4) is 5.75 Å². The van der Waals surface area contributed by atoms with Crippen LogP contribution in [0.25, 0.3) is 0 Å². The number of carbonyl (C=O) groups is 3. The Morgan fingerprint density at radius 3 is 2.02 bits per heavy atom. The van der Waals surface area contributed by atoms with Crippen molar-refractivity contribution in [1.29, 1.82) is 0 Å². The van der Waals surface area contributed by atoms with Crippen LogP contribution in [0.1, 0.15) is 64.9 Å². The van der Waals surface area contributed by atoms with E-state index in [4.69, 9.17) is 39.5 Å². The molecule has 0 atom stereocenters. The maximum atomic E-state index is 13.8. The number of halogens is 3. The minimum atomic E-state index is -0.629. The number of ether oxygens (including phenoxy) is 1. The van der Waals surface area contributed by atoms with Crippen LogP contribution < -0.4 is 10.1 Å². The first kappa shape index (κ1) is 29.7. The Kier molecular flexibility index (Phi) is 7.82. The van der Waals surface area contributed by atoms with E-state index in [2.05, 4.69) is 37.9 Å². The number of hydrogen-bond donors (Lipinski definition) is 1. The molecule has 1 heterocycles. The second-order valence-corrected chi connectivity index (χ2v) is 14.0. The number of nitrogens with one attached hydrogen (secondary N) is 1. The van der Waals surface area contributed by atoms with Crippen molar-refractivity contribution in [3.63, 3.8) is 0 Å². The fourth-order valence-electron chi connectivity index (χ4n) is 6.27. The summed E-state index contributed by atoms with van der Waals surface area (Å²) in [6, 6.07) is 9.92. The average molecular weight is 616 g/mol. The first-order valence-corrected chi connectivity index (χ1v) is 14.7. The summed E-state index contributed by atoms with van der Waals surface area (Å²) in [7, 11) is 1.97. The van der Waals surface area contributed by atoms with Crippen molar-refractivity contribution in [2.45, 2.75) is 59.3 Å². The van der Waals surface area contributed by atoms with Gasteiger partial charge in [-0.2, -0.15) is 0 Å². The predicted octanol–water partition coefficient (Wildman–Crippen LogP) is 7.98. The molecule has 1 N–H and O–H groups in total. The number of rotatable bonds is 5. The van der Waals surface area contributed by atoms with E-state index in [9.17, 15) is 14.4 Å². The molecule has 1 amide bonds. The number of Topliss-reactive ketones (excluding diaryl/α,β-unsaturated/α-hetero) is 2. The van der Waals surface area contributed by atoms with Crippen molar-refractivity contribution in [1.82, 2.24) is 4.90 Å². The molecule has 0 saturated carbocycles. The van der Waals surface area contributed by atoms with E-state index in [-0.39, 0.29) is 29.0 Å². The molecule has 6 nitrogen and oxygen atoms in total. The molecule has 1 aliphatic heterocycles. The van der Waals surface area contributed by atoms with Crippen LogP contribution in [0.2, 0.25) is 15.1 Å². The zero-order valence-corrected chi connectivity index (χ0v) is 26.1. The molecule has 0 bridgehead atoms. The molecular formula is C32H33Cl3N2O4. The number of hydrogen-bond acceptors (Lipinski definition) is 5. The van der Waals surface area contributed by atoms with Gasteiger partial charge in [-0.3, -0.25) is 14.4 Å². The lowest BCUT2D eigenvalue weighted by Gasteiger charge is -2.48. The van der Waals surface area contributed by atoms with Crippen molar-refractivity contribution < 1.29 is 19.1 Å². The van der Waals surface area contributed by atoms with Crippen molar-refractivity contribution in [2.24, 2.45) is 10.8 Å². The zero-order valence-electron chi connectivity index (χ0n) is 23.8. The van der Waals surface area contributed by atoms with Crippen molar-refractivity contribution >= 4 is 58.0 Å². The second kappa shape index (κ2) is 10.8. The molecule has 0 unspecified atom stereocenters. The molecule has 0 radical (unpaired) electrons. The van der Waals surface area contributed by atoms with Crippen LogP contribution in [-0.4, -0.2) is 36.0 Å². The van der Waals surface area contributed by atoms with Crippen LogP contribution in [0.3, 0.4) is 0 Å². The summed E-state index contributed by atoms with van der Waals surface area (Å²) in [5.41, 5.74) is 3.77. The van der Waals surface area contributed by atoms with Crippen LogP contribution in [0.5, 0.6) is 5.75 Å². The van der Waals surface area contributed by atoms with Crippen LogP contribution in [0.15, 0.2) is 58.9 Å². The number of amides is 1. The van der Waals surface area contributed by atoms with Gasteiger partial charge in [-0.15, -0.1) is 0 Å². The van der Waals surface area contributed by atoms with Crippen molar-refractivity contribution in [2.75, 3.05) is 19.0 Å². The molecule has 216 valence electrons. The molecule has 0 aromatic heterocycles. The van der Waals surface area contributed by atoms with Crippen LogP contribution >= 0.6 is 34.8 Å². The van der Waals surface area contributed by atoms with Gasteiger partial charge in [-0.25, -0.2) is 0 Å². The van der Waals surface area contributed by atoms with E-state index < -0.39 is 11.8 Å². The minimum absolute atomic E-state index is 0.0144. The molecule has 2 aromatic rings. The number of anilines is 1. The normalized spacial score (nSPS) is 20.1. The largest absolute Gasteiger partial charge is 0.483 e. The number of carbonyl (C=O) groups excluding carboxylic acids is 3. The molecule has 0 fully saturated rings. The number of allylic oxidation sites excluding steroid dienone is 4. The maximum absolute atomic E-state index is 13.8. The summed E-state index contributed by atoms with van der Waals surface area (Å²) >= 11 is 18.6. The lowest BCUT2D eigenvalue weighted by Crippen LogP contribution is -2.43. The van der Waals surface area contributed by atoms with Crippen molar-refractivity contribution in [3.05, 3.63) is 79.6 Å². The summed E-state index contributed by atoms with van der Waals surface area (Å²) in [5, 5.41) is 3.90. The van der Waals surface area contributed by atoms with Crippen LogP contribution in [-0.2, 0) is 14.4 Å². The standard InChI is InChI=1S/C32H33Cl3N2O4/c1-31(2)12-22-29(24(38)14-31)28(30-23(37(22)5)13-32(3,4)15-25(30)39)19-10-17(33)6-9-26(19)41-16-27(40)36-18-7-8-20(34)21(35)11-18/h6-11,28H,12-16H2,1-5H3,(H,36,40). The quantitative estimate of drug-likeness (QED) is 0.369. The Bertz CT molecular complexity index is 1490. The fraction of sp³-hybridized carbons (Fsp3) is 0.406. The van der Waals surface area contributed by atoms with E-state index in [0.717, 1.165) is 11.4 Å². The van der Waals surface area contributed by atoms with Gasteiger partial charge in [0.05, 0.1) is 10.0 Å². The Labute approximate surface area is 255 Å². The summed E-state index contributed by atoms with van der Waals surface area (Å²) in [6.45, 7) is 8.08. The van der Waals surface area contributed by atoms with Gasteiger partial charge in [0.2, 0.25) is 0 Å². The zero-order chi connectivity index (χ0) is 29.9. The van der Waals surface area contributed by atoms with Gasteiger partial charge in [0.15, 0.2) is 18.2 Å². The highest BCUT2D eigenvalue weighted by Gasteiger charge is 2.48. The lowest BCUT2D eigenvalue weighted by atomic mass is 9.63. The molecule has 5 rings (SSSR count).